The van der Waals surface area contributed by atoms with Crippen LogP contribution in [0.1, 0.15) is 10.6 Å². The third-order valence-corrected chi connectivity index (χ3v) is 5.55. The molecule has 0 aliphatic carbocycles. The maximum Gasteiger partial charge on any atom is 0.292 e. The number of hydrogen-bond donors (Lipinski definition) is 1. The van der Waals surface area contributed by atoms with Crippen LogP contribution in [0.3, 0.4) is 0 Å². The minimum absolute atomic E-state index is 0.184. The van der Waals surface area contributed by atoms with E-state index in [1.54, 1.807) is 47.3 Å². The predicted octanol–water partition coefficient (Wildman–Crippen LogP) is 4.46. The standard InChI is InChI=1S/C17H13FIN3O2S/c18-12-7-10(19)1-2-13(12)21-15-11-8-20-4-3-14(11)24-16(15)17(23)22-5-6-25-9-22/h1-4,7-8,21H,5-6,9H2. The van der Waals surface area contributed by atoms with Crippen molar-refractivity contribution in [2.24, 2.45) is 0 Å². The van der Waals surface area contributed by atoms with Crippen LogP contribution in [0.5, 0.6) is 0 Å². The number of carbonyl (C=O) groups excluding carboxylic acids is 1. The fourth-order valence-corrected chi connectivity index (χ4v) is 4.06. The van der Waals surface area contributed by atoms with Crippen LogP contribution in [0.2, 0.25) is 0 Å². The molecule has 1 aliphatic heterocycles. The second-order valence-electron chi connectivity index (χ2n) is 5.53. The number of thioether (sulfide) groups is 1. The van der Waals surface area contributed by atoms with Gasteiger partial charge in [0, 0.05) is 28.3 Å². The van der Waals surface area contributed by atoms with Gasteiger partial charge in [0.15, 0.2) is 0 Å². The summed E-state index contributed by atoms with van der Waals surface area (Å²) in [7, 11) is 0. The Hall–Kier alpha value is -1.81. The van der Waals surface area contributed by atoms with Crippen LogP contribution in [0.15, 0.2) is 41.1 Å². The van der Waals surface area contributed by atoms with E-state index in [0.29, 0.717) is 29.1 Å². The summed E-state index contributed by atoms with van der Waals surface area (Å²) >= 11 is 3.75. The second-order valence-corrected chi connectivity index (χ2v) is 7.85. The Morgan fingerprint density at radius 1 is 1.40 bits per heavy atom. The van der Waals surface area contributed by atoms with Crippen molar-refractivity contribution < 1.29 is 13.6 Å². The lowest BCUT2D eigenvalue weighted by Crippen LogP contribution is -2.27. The molecule has 0 saturated carbocycles. The Bertz CT molecular complexity index is 956. The SMILES string of the molecule is O=C(c1oc2ccncc2c1Nc1ccc(I)cc1F)N1CCSC1. The van der Waals surface area contributed by atoms with Gasteiger partial charge in [-0.15, -0.1) is 11.8 Å². The molecule has 1 amide bonds. The molecule has 0 bridgehead atoms. The smallest absolute Gasteiger partial charge is 0.292 e. The van der Waals surface area contributed by atoms with Crippen LogP contribution >= 0.6 is 34.4 Å². The molecule has 0 unspecified atom stereocenters. The number of hydrogen-bond acceptors (Lipinski definition) is 5. The Balaban J connectivity index is 1.80. The van der Waals surface area contributed by atoms with Crippen molar-refractivity contribution in [1.82, 2.24) is 9.88 Å². The summed E-state index contributed by atoms with van der Waals surface area (Å²) in [5, 5.41) is 3.68. The van der Waals surface area contributed by atoms with E-state index < -0.39 is 0 Å². The molecule has 3 heterocycles. The lowest BCUT2D eigenvalue weighted by Gasteiger charge is -2.14. The van der Waals surface area contributed by atoms with Crippen molar-refractivity contribution in [2.45, 2.75) is 0 Å². The Labute approximate surface area is 161 Å². The van der Waals surface area contributed by atoms with Crippen molar-refractivity contribution >= 4 is 62.6 Å². The predicted molar refractivity (Wildman–Crippen MR) is 105 cm³/mol. The number of rotatable bonds is 3. The van der Waals surface area contributed by atoms with Gasteiger partial charge in [-0.3, -0.25) is 9.78 Å². The minimum Gasteiger partial charge on any atom is -0.448 e. The topological polar surface area (TPSA) is 58.4 Å². The summed E-state index contributed by atoms with van der Waals surface area (Å²) in [6.07, 6.45) is 3.21. The average molecular weight is 469 g/mol. The second kappa shape index (κ2) is 6.83. The fraction of sp³-hybridized carbons (Fsp3) is 0.176. The molecule has 0 atom stereocenters. The zero-order valence-electron chi connectivity index (χ0n) is 13.0. The van der Waals surface area contributed by atoms with E-state index in [4.69, 9.17) is 4.42 Å². The van der Waals surface area contributed by atoms with Crippen LogP contribution < -0.4 is 5.32 Å². The van der Waals surface area contributed by atoms with Crippen molar-refractivity contribution in [3.8, 4) is 0 Å². The third kappa shape index (κ3) is 3.20. The molecule has 1 N–H and O–H groups in total. The molecule has 1 saturated heterocycles. The van der Waals surface area contributed by atoms with Gasteiger partial charge in [-0.05, 0) is 46.9 Å². The van der Waals surface area contributed by atoms with Gasteiger partial charge in [0.2, 0.25) is 5.76 Å². The number of anilines is 2. The minimum atomic E-state index is -0.389. The van der Waals surface area contributed by atoms with E-state index in [-0.39, 0.29) is 23.2 Å². The van der Waals surface area contributed by atoms with Gasteiger partial charge in [0.05, 0.1) is 17.0 Å². The number of nitrogens with one attached hydrogen (secondary N) is 1. The molecule has 8 heteroatoms. The highest BCUT2D eigenvalue weighted by Gasteiger charge is 2.28. The molecule has 1 aromatic carbocycles. The number of amides is 1. The molecule has 2 aromatic heterocycles. The highest BCUT2D eigenvalue weighted by molar-refractivity contribution is 14.1. The largest absolute Gasteiger partial charge is 0.448 e. The molecular formula is C17H13FIN3O2S. The summed E-state index contributed by atoms with van der Waals surface area (Å²) in [6.45, 7) is 0.677. The van der Waals surface area contributed by atoms with Crippen molar-refractivity contribution in [3.63, 3.8) is 0 Å². The van der Waals surface area contributed by atoms with Crippen molar-refractivity contribution in [3.05, 3.63) is 51.8 Å². The number of furan rings is 1. The Morgan fingerprint density at radius 3 is 3.04 bits per heavy atom. The molecule has 4 rings (SSSR count). The van der Waals surface area contributed by atoms with Crippen LogP contribution in [-0.2, 0) is 0 Å². The first kappa shape index (κ1) is 16.6. The summed E-state index contributed by atoms with van der Waals surface area (Å²) in [6, 6.07) is 6.57. The highest BCUT2D eigenvalue weighted by Crippen LogP contribution is 2.35. The average Bonchev–Trinajstić information content (AvgIpc) is 3.25. The van der Waals surface area contributed by atoms with Crippen molar-refractivity contribution in [1.29, 1.82) is 0 Å². The van der Waals surface area contributed by atoms with Gasteiger partial charge in [0.25, 0.3) is 5.91 Å². The zero-order valence-corrected chi connectivity index (χ0v) is 15.9. The number of halogens is 2. The number of fused-ring (bicyclic) bond motifs is 1. The van der Waals surface area contributed by atoms with Gasteiger partial charge in [-0.25, -0.2) is 4.39 Å². The van der Waals surface area contributed by atoms with Crippen molar-refractivity contribution in [2.75, 3.05) is 23.5 Å². The van der Waals surface area contributed by atoms with E-state index in [9.17, 15) is 9.18 Å². The summed E-state index contributed by atoms with van der Waals surface area (Å²) < 4.78 is 20.8. The number of pyridine rings is 1. The number of benzene rings is 1. The first-order chi connectivity index (χ1) is 12.1. The molecule has 0 radical (unpaired) electrons. The summed E-state index contributed by atoms with van der Waals surface area (Å²) in [5.41, 5.74) is 1.28. The van der Waals surface area contributed by atoms with Crippen LogP contribution in [0, 0.1) is 9.39 Å². The molecule has 0 spiro atoms. The molecule has 128 valence electrons. The molecule has 5 nitrogen and oxygen atoms in total. The van der Waals surface area contributed by atoms with Crippen LogP contribution in [0.4, 0.5) is 15.8 Å². The van der Waals surface area contributed by atoms with Gasteiger partial charge in [0.1, 0.15) is 17.1 Å². The monoisotopic (exact) mass is 469 g/mol. The fourth-order valence-electron chi connectivity index (χ4n) is 2.66. The summed E-state index contributed by atoms with van der Waals surface area (Å²) in [4.78, 5) is 18.7. The lowest BCUT2D eigenvalue weighted by molar-refractivity contribution is 0.0775. The molecule has 3 aromatic rings. The van der Waals surface area contributed by atoms with Gasteiger partial charge >= 0.3 is 0 Å². The quantitative estimate of drug-likeness (QED) is 0.575. The van der Waals surface area contributed by atoms with E-state index in [1.165, 1.54) is 6.07 Å². The number of nitrogens with zero attached hydrogens (tertiary/aromatic N) is 2. The van der Waals surface area contributed by atoms with Crippen LogP contribution in [0.25, 0.3) is 11.0 Å². The molecular weight excluding hydrogens is 456 g/mol. The van der Waals surface area contributed by atoms with Gasteiger partial charge in [-0.1, -0.05) is 0 Å². The van der Waals surface area contributed by atoms with Crippen LogP contribution in [-0.4, -0.2) is 34.0 Å². The zero-order chi connectivity index (χ0) is 17.4. The normalized spacial score (nSPS) is 14.2. The van der Waals surface area contributed by atoms with E-state index in [1.807, 2.05) is 22.6 Å². The number of carbonyl (C=O) groups is 1. The highest BCUT2D eigenvalue weighted by atomic mass is 127. The number of aromatic nitrogens is 1. The Kier molecular flexibility index (Phi) is 4.55. The first-order valence-corrected chi connectivity index (χ1v) is 9.82. The molecule has 25 heavy (non-hydrogen) atoms. The van der Waals surface area contributed by atoms with Gasteiger partial charge in [-0.2, -0.15) is 0 Å². The lowest BCUT2D eigenvalue weighted by atomic mass is 10.2. The maximum atomic E-state index is 14.3. The molecule has 1 fully saturated rings. The van der Waals surface area contributed by atoms with E-state index in [0.717, 1.165) is 9.32 Å². The van der Waals surface area contributed by atoms with E-state index >= 15 is 0 Å². The van der Waals surface area contributed by atoms with E-state index in [2.05, 4.69) is 10.3 Å². The third-order valence-electron chi connectivity index (χ3n) is 3.91. The summed E-state index contributed by atoms with van der Waals surface area (Å²) in [5.74, 6) is 1.13. The maximum absolute atomic E-state index is 14.3. The first-order valence-electron chi connectivity index (χ1n) is 7.59. The molecule has 1 aliphatic rings. The Morgan fingerprint density at radius 2 is 2.28 bits per heavy atom. The van der Waals surface area contributed by atoms with Gasteiger partial charge < -0.3 is 14.6 Å².